The van der Waals surface area contributed by atoms with Crippen LogP contribution >= 0.6 is 11.6 Å². The van der Waals surface area contributed by atoms with Gasteiger partial charge in [0, 0.05) is 91.6 Å². The molecule has 6 aromatic rings. The molecule has 3 unspecified atom stereocenters. The van der Waals surface area contributed by atoms with Crippen LogP contribution in [0.5, 0.6) is 11.5 Å². The van der Waals surface area contributed by atoms with Gasteiger partial charge in [-0.05, 0) is 94.9 Å². The number of likely N-dealkylation sites (tertiary alicyclic amines) is 2. The van der Waals surface area contributed by atoms with Gasteiger partial charge in [0.2, 0.25) is 11.8 Å². The summed E-state index contributed by atoms with van der Waals surface area (Å²) in [5.41, 5.74) is 6.18. The number of aromatic nitrogens is 3. The summed E-state index contributed by atoms with van der Waals surface area (Å²) in [4.78, 5) is 72.4. The summed E-state index contributed by atoms with van der Waals surface area (Å²) in [5.74, 6) is -0.425. The summed E-state index contributed by atoms with van der Waals surface area (Å²) in [6.07, 6.45) is 1.50. The lowest BCUT2D eigenvalue weighted by molar-refractivity contribution is -0.136. The second kappa shape index (κ2) is 19.2. The fourth-order valence-corrected chi connectivity index (χ4v) is 11.6. The molecule has 4 aromatic carbocycles. The fraction of sp³-hybridized carbons (Fsp3) is 0.393. The van der Waals surface area contributed by atoms with E-state index in [2.05, 4.69) is 39.6 Å². The molecule has 1 N–H and O–H groups in total. The van der Waals surface area contributed by atoms with E-state index in [-0.39, 0.29) is 54.4 Å². The number of aryl methyl sites for hydroxylation is 3. The molecule has 3 fully saturated rings. The Morgan fingerprint density at radius 3 is 2.29 bits per heavy atom. The largest absolute Gasteiger partial charge is 0.493 e. The zero-order valence-electron chi connectivity index (χ0n) is 41.7. The Bertz CT molecular complexity index is 3200. The van der Waals surface area contributed by atoms with Crippen molar-refractivity contribution in [2.45, 2.75) is 78.5 Å². The first-order valence-electron chi connectivity index (χ1n) is 24.8. The van der Waals surface area contributed by atoms with Crippen molar-refractivity contribution in [3.8, 4) is 22.6 Å². The molecule has 0 bridgehead atoms. The molecule has 2 aromatic heterocycles. The lowest BCUT2D eigenvalue weighted by Gasteiger charge is -2.30. The third-order valence-corrected chi connectivity index (χ3v) is 15.0. The van der Waals surface area contributed by atoms with E-state index >= 15 is 0 Å². The molecule has 0 radical (unpaired) electrons. The van der Waals surface area contributed by atoms with Crippen molar-refractivity contribution in [3.63, 3.8) is 0 Å². The van der Waals surface area contributed by atoms with Crippen LogP contribution in [0.15, 0.2) is 79.4 Å². The van der Waals surface area contributed by atoms with Gasteiger partial charge in [0.05, 0.1) is 28.4 Å². The molecular formula is C56H60ClN7O8. The SMILES string of the molecule is C=C1c2cccc(OCC(=O)N3CC4CN(CCn5c(C(=O)OC(C)(C)C)c(CCCOc6cccc7ccccc67)c6ccc(Cl)c(-c7c(C)nn(C)c7C)c65)CC4C3)c2C(=O)N1C1CCC(=O)NC1=O. The summed E-state index contributed by atoms with van der Waals surface area (Å²) in [6.45, 7) is 17.7. The molecule has 0 saturated carbocycles. The molecule has 15 nitrogen and oxygen atoms in total. The van der Waals surface area contributed by atoms with Gasteiger partial charge < -0.3 is 28.6 Å². The average Bonchev–Trinajstić information content (AvgIpc) is 4.12. The van der Waals surface area contributed by atoms with Crippen LogP contribution in [0.4, 0.5) is 0 Å². The predicted molar refractivity (Wildman–Crippen MR) is 275 cm³/mol. The number of esters is 1. The minimum absolute atomic E-state index is 0.116. The number of halogens is 1. The quantitative estimate of drug-likeness (QED) is 0.0642. The van der Waals surface area contributed by atoms with Gasteiger partial charge in [0.25, 0.3) is 11.8 Å². The van der Waals surface area contributed by atoms with Gasteiger partial charge in [-0.2, -0.15) is 5.10 Å². The van der Waals surface area contributed by atoms with E-state index in [4.69, 9.17) is 30.9 Å². The Morgan fingerprint density at radius 2 is 1.57 bits per heavy atom. The van der Waals surface area contributed by atoms with Crippen LogP contribution in [0, 0.1) is 25.7 Å². The van der Waals surface area contributed by atoms with Crippen molar-refractivity contribution in [2.24, 2.45) is 18.9 Å². The van der Waals surface area contributed by atoms with Gasteiger partial charge in [-0.3, -0.25) is 34.1 Å². The fourth-order valence-electron chi connectivity index (χ4n) is 11.3. The van der Waals surface area contributed by atoms with Gasteiger partial charge in [0.15, 0.2) is 6.61 Å². The standard InChI is InChI=1S/C56H60ClN7O8/c1-32-48(34(3)60(7)59-32)50-42(57)21-20-41-40(17-12-26-70-44-18-10-14-35-13-8-9-15-39(35)44)52(55(69)72-56(4,5)6)63(51(41)50)25-24-61-27-36-29-62(30-37(36)28-61)47(66)31-71-45-19-11-16-38-33(2)64(54(68)49(38)45)43-22-23-46(65)58-53(43)67/h8-11,13-16,18-21,36-37,43H,2,12,17,22-31H2,1,3-7H3,(H,58,65,67). The van der Waals surface area contributed by atoms with Gasteiger partial charge >= 0.3 is 5.97 Å². The minimum atomic E-state index is -0.866. The number of nitrogens with one attached hydrogen (secondary N) is 1. The highest BCUT2D eigenvalue weighted by Crippen LogP contribution is 2.44. The first-order valence-corrected chi connectivity index (χ1v) is 25.2. The number of carbonyl (C=O) groups excluding carboxylic acids is 5. The molecule has 72 heavy (non-hydrogen) atoms. The van der Waals surface area contributed by atoms with Crippen LogP contribution in [-0.4, -0.2) is 116 Å². The molecule has 0 spiro atoms. The third kappa shape index (κ3) is 9.01. The summed E-state index contributed by atoms with van der Waals surface area (Å²) < 4.78 is 22.7. The van der Waals surface area contributed by atoms with E-state index in [1.807, 2.05) is 87.6 Å². The molecule has 6 heterocycles. The van der Waals surface area contributed by atoms with E-state index in [9.17, 15) is 24.0 Å². The molecule has 10 rings (SSSR count). The lowest BCUT2D eigenvalue weighted by Crippen LogP contribution is -2.52. The van der Waals surface area contributed by atoms with Crippen LogP contribution in [-0.2, 0) is 39.1 Å². The van der Waals surface area contributed by atoms with Crippen LogP contribution in [0.2, 0.25) is 5.02 Å². The molecule has 4 aliphatic heterocycles. The van der Waals surface area contributed by atoms with Crippen LogP contribution < -0.4 is 14.8 Å². The van der Waals surface area contributed by atoms with Crippen molar-refractivity contribution < 1.29 is 38.2 Å². The maximum absolute atomic E-state index is 14.7. The van der Waals surface area contributed by atoms with E-state index in [1.54, 1.807) is 18.2 Å². The first kappa shape index (κ1) is 48.6. The second-order valence-corrected chi connectivity index (χ2v) is 20.9. The average molecular weight is 995 g/mol. The van der Waals surface area contributed by atoms with Gasteiger partial charge in [-0.1, -0.05) is 72.8 Å². The lowest BCUT2D eigenvalue weighted by atomic mass is 9.98. The number of rotatable bonds is 14. The van der Waals surface area contributed by atoms with Gasteiger partial charge in [0.1, 0.15) is 28.8 Å². The Balaban J connectivity index is 0.866. The molecule has 374 valence electrons. The van der Waals surface area contributed by atoms with Crippen LogP contribution in [0.25, 0.3) is 38.5 Å². The van der Waals surface area contributed by atoms with Crippen molar-refractivity contribution in [2.75, 3.05) is 45.9 Å². The summed E-state index contributed by atoms with van der Waals surface area (Å²) in [6, 6.07) is 22.4. The van der Waals surface area contributed by atoms with Gasteiger partial charge in [-0.25, -0.2) is 4.79 Å². The number of hydrogen-bond donors (Lipinski definition) is 1. The molecule has 3 atom stereocenters. The third-order valence-electron chi connectivity index (χ3n) is 14.7. The van der Waals surface area contributed by atoms with Crippen molar-refractivity contribution in [3.05, 3.63) is 118 Å². The molecule has 4 aliphatic rings. The minimum Gasteiger partial charge on any atom is -0.493 e. The maximum atomic E-state index is 14.7. The zero-order valence-corrected chi connectivity index (χ0v) is 42.4. The highest BCUT2D eigenvalue weighted by molar-refractivity contribution is 6.35. The molecule has 4 amide bonds. The number of imide groups is 1. The Morgan fingerprint density at radius 1 is 0.847 bits per heavy atom. The number of piperidine rings is 1. The monoisotopic (exact) mass is 993 g/mol. The number of fused-ring (bicyclic) bond motifs is 4. The number of amides is 4. The highest BCUT2D eigenvalue weighted by Gasteiger charge is 2.44. The Hall–Kier alpha value is -6.97. The van der Waals surface area contributed by atoms with Crippen molar-refractivity contribution >= 4 is 68.6 Å². The molecular weight excluding hydrogens is 934 g/mol. The van der Waals surface area contributed by atoms with E-state index in [0.717, 1.165) is 68.6 Å². The normalized spacial score (nSPS) is 19.1. The molecule has 16 heteroatoms. The summed E-state index contributed by atoms with van der Waals surface area (Å²) >= 11 is 7.24. The van der Waals surface area contributed by atoms with E-state index in [1.165, 1.54) is 4.90 Å². The van der Waals surface area contributed by atoms with Crippen LogP contribution in [0.3, 0.4) is 0 Å². The number of hydrogen-bond acceptors (Lipinski definition) is 10. The highest BCUT2D eigenvalue weighted by atomic mass is 35.5. The Kier molecular flexibility index (Phi) is 13.0. The summed E-state index contributed by atoms with van der Waals surface area (Å²) in [7, 11) is 1.92. The van der Waals surface area contributed by atoms with Gasteiger partial charge in [-0.15, -0.1) is 0 Å². The number of ether oxygens (including phenoxy) is 3. The Labute approximate surface area is 423 Å². The van der Waals surface area contributed by atoms with Crippen LogP contribution in [0.1, 0.15) is 83.4 Å². The first-order chi connectivity index (χ1) is 34.5. The molecule has 3 saturated heterocycles. The predicted octanol–water partition coefficient (Wildman–Crippen LogP) is 8.13. The maximum Gasteiger partial charge on any atom is 0.355 e. The topological polar surface area (TPSA) is 158 Å². The smallest absolute Gasteiger partial charge is 0.355 e. The van der Waals surface area contributed by atoms with Crippen molar-refractivity contribution in [1.29, 1.82) is 0 Å². The second-order valence-electron chi connectivity index (χ2n) is 20.5. The number of carbonyl (C=O) groups is 5. The number of nitrogens with zero attached hydrogens (tertiary/aromatic N) is 6. The zero-order chi connectivity index (χ0) is 50.7. The van der Waals surface area contributed by atoms with E-state index < -0.39 is 29.4 Å². The molecule has 0 aliphatic carbocycles. The summed E-state index contributed by atoms with van der Waals surface area (Å²) in [5, 5.41) is 10.7. The van der Waals surface area contributed by atoms with Crippen molar-refractivity contribution in [1.82, 2.24) is 34.4 Å². The van der Waals surface area contributed by atoms with E-state index in [0.29, 0.717) is 67.6 Å². The number of benzene rings is 4.